The van der Waals surface area contributed by atoms with E-state index in [0.717, 1.165) is 12.5 Å². The number of hydrogen-bond donors (Lipinski definition) is 1. The first kappa shape index (κ1) is 31.3. The van der Waals surface area contributed by atoms with E-state index in [1.807, 2.05) is 41.5 Å². The van der Waals surface area contributed by atoms with Crippen molar-refractivity contribution in [1.82, 2.24) is 0 Å². The lowest BCUT2D eigenvalue weighted by Crippen LogP contribution is -2.38. The van der Waals surface area contributed by atoms with Crippen molar-refractivity contribution in [2.45, 2.75) is 93.8 Å². The summed E-state index contributed by atoms with van der Waals surface area (Å²) in [5, 5.41) is 9.39. The summed E-state index contributed by atoms with van der Waals surface area (Å²) in [7, 11) is 0. The number of carbonyl (C=O) groups excluding carboxylic acids is 3. The van der Waals surface area contributed by atoms with E-state index in [1.165, 1.54) is 0 Å². The Labute approximate surface area is 188 Å². The van der Waals surface area contributed by atoms with Crippen LogP contribution >= 0.6 is 0 Å². The molecule has 1 N–H and O–H groups in total. The Morgan fingerprint density at radius 3 is 1.68 bits per heavy atom. The number of hydrogen-bond acceptors (Lipinski definition) is 7. The van der Waals surface area contributed by atoms with E-state index in [0.29, 0.717) is 12.3 Å². The predicted octanol–water partition coefficient (Wildman–Crippen LogP) is 4.46. The number of ether oxygens (including phenoxy) is 3. The van der Waals surface area contributed by atoms with E-state index in [-0.39, 0.29) is 36.2 Å². The molecule has 0 amide bonds. The van der Waals surface area contributed by atoms with Gasteiger partial charge in [0.2, 0.25) is 0 Å². The lowest BCUT2D eigenvalue weighted by atomic mass is 9.89. The van der Waals surface area contributed by atoms with E-state index < -0.39 is 17.5 Å². The minimum Gasteiger partial charge on any atom is -0.462 e. The predicted molar refractivity (Wildman–Crippen MR) is 121 cm³/mol. The molecule has 7 nitrogen and oxygen atoms in total. The number of esters is 3. The SMILES string of the molecule is C=CC(=O)OCC(O)COC(=O)C(C)(C)CC.CCC(C)(C)C(=O)OC(C)(C)C(C)C. The second-order valence-electron chi connectivity index (χ2n) is 9.71. The van der Waals surface area contributed by atoms with Gasteiger partial charge in [0.1, 0.15) is 24.9 Å². The molecule has 0 fully saturated rings. The molecule has 0 saturated carbocycles. The van der Waals surface area contributed by atoms with Crippen LogP contribution in [0, 0.1) is 16.7 Å². The molecule has 0 aromatic carbocycles. The zero-order valence-electron chi connectivity index (χ0n) is 21.2. The van der Waals surface area contributed by atoms with Gasteiger partial charge < -0.3 is 19.3 Å². The van der Waals surface area contributed by atoms with E-state index in [2.05, 4.69) is 25.2 Å². The van der Waals surface area contributed by atoms with Crippen molar-refractivity contribution in [1.29, 1.82) is 0 Å². The summed E-state index contributed by atoms with van der Waals surface area (Å²) in [5.74, 6) is -0.767. The van der Waals surface area contributed by atoms with Crippen LogP contribution in [-0.2, 0) is 28.6 Å². The topological polar surface area (TPSA) is 99.1 Å². The van der Waals surface area contributed by atoms with Crippen molar-refractivity contribution >= 4 is 17.9 Å². The third-order valence-corrected chi connectivity index (χ3v) is 5.61. The number of carbonyl (C=O) groups is 3. The molecule has 0 saturated heterocycles. The zero-order chi connectivity index (χ0) is 25.0. The summed E-state index contributed by atoms with van der Waals surface area (Å²) >= 11 is 0. The van der Waals surface area contributed by atoms with Crippen LogP contribution in [0.3, 0.4) is 0 Å². The Bertz CT molecular complexity index is 589. The highest BCUT2D eigenvalue weighted by molar-refractivity contribution is 5.81. The summed E-state index contributed by atoms with van der Waals surface area (Å²) in [5.41, 5.74) is -1.31. The normalized spacial score (nSPS) is 12.9. The van der Waals surface area contributed by atoms with E-state index >= 15 is 0 Å². The molecule has 7 heteroatoms. The molecule has 0 aliphatic heterocycles. The molecule has 0 aliphatic carbocycles. The highest BCUT2D eigenvalue weighted by atomic mass is 16.6. The van der Waals surface area contributed by atoms with Gasteiger partial charge in [-0.25, -0.2) is 4.79 Å². The molecule has 0 bridgehead atoms. The van der Waals surface area contributed by atoms with Crippen LogP contribution < -0.4 is 0 Å². The van der Waals surface area contributed by atoms with Crippen LogP contribution in [-0.4, -0.2) is 47.9 Å². The monoisotopic (exact) mass is 444 g/mol. The van der Waals surface area contributed by atoms with Gasteiger partial charge in [-0.2, -0.15) is 0 Å². The first-order chi connectivity index (χ1) is 14.0. The van der Waals surface area contributed by atoms with Gasteiger partial charge in [-0.3, -0.25) is 9.59 Å². The minimum absolute atomic E-state index is 0.0984. The standard InChI is InChI=1S/C12H20O5.C12H24O2/c1-5-10(14)16-7-9(13)8-17-11(15)12(3,4)6-2;1-8-11(4,5)10(13)14-12(6,7)9(2)3/h5,9,13H,1,6-8H2,2-4H3;9H,8H2,1-7H3. The minimum atomic E-state index is -1.02. The molecule has 0 radical (unpaired) electrons. The van der Waals surface area contributed by atoms with Crippen LogP contribution in [0.25, 0.3) is 0 Å². The summed E-state index contributed by atoms with van der Waals surface area (Å²) < 4.78 is 15.0. The number of rotatable bonds is 11. The van der Waals surface area contributed by atoms with Gasteiger partial charge in [-0.05, 0) is 60.3 Å². The summed E-state index contributed by atoms with van der Waals surface area (Å²) in [6.07, 6.45) is 1.43. The average Bonchev–Trinajstić information content (AvgIpc) is 2.69. The molecule has 182 valence electrons. The van der Waals surface area contributed by atoms with Gasteiger partial charge in [-0.1, -0.05) is 34.3 Å². The fraction of sp³-hybridized carbons (Fsp3) is 0.792. The quantitative estimate of drug-likeness (QED) is 0.285. The second-order valence-corrected chi connectivity index (χ2v) is 9.71. The highest BCUT2D eigenvalue weighted by Crippen LogP contribution is 2.28. The summed E-state index contributed by atoms with van der Waals surface area (Å²) in [4.78, 5) is 34.0. The maximum Gasteiger partial charge on any atom is 0.330 e. The van der Waals surface area contributed by atoms with Crippen LogP contribution in [0.1, 0.15) is 82.1 Å². The van der Waals surface area contributed by atoms with Crippen LogP contribution in [0.5, 0.6) is 0 Å². The summed E-state index contributed by atoms with van der Waals surface area (Å²) in [6.45, 7) is 22.1. The van der Waals surface area contributed by atoms with E-state index in [4.69, 9.17) is 9.47 Å². The van der Waals surface area contributed by atoms with Crippen molar-refractivity contribution in [3.63, 3.8) is 0 Å². The second kappa shape index (κ2) is 13.5. The van der Waals surface area contributed by atoms with Gasteiger partial charge >= 0.3 is 17.9 Å². The van der Waals surface area contributed by atoms with E-state index in [9.17, 15) is 19.5 Å². The Hall–Kier alpha value is -1.89. The Morgan fingerprint density at radius 2 is 1.29 bits per heavy atom. The van der Waals surface area contributed by atoms with Crippen LogP contribution in [0.4, 0.5) is 0 Å². The first-order valence-electron chi connectivity index (χ1n) is 10.8. The fourth-order valence-electron chi connectivity index (χ4n) is 1.44. The lowest BCUT2D eigenvalue weighted by Gasteiger charge is -2.33. The Balaban J connectivity index is 0. The first-order valence-corrected chi connectivity index (χ1v) is 10.8. The molecule has 31 heavy (non-hydrogen) atoms. The zero-order valence-corrected chi connectivity index (χ0v) is 21.2. The van der Waals surface area contributed by atoms with Crippen molar-refractivity contribution in [2.24, 2.45) is 16.7 Å². The van der Waals surface area contributed by atoms with Crippen molar-refractivity contribution in [2.75, 3.05) is 13.2 Å². The van der Waals surface area contributed by atoms with Crippen LogP contribution in [0.15, 0.2) is 12.7 Å². The van der Waals surface area contributed by atoms with Gasteiger partial charge in [0.15, 0.2) is 0 Å². The number of aliphatic hydroxyl groups is 1. The maximum atomic E-state index is 11.8. The van der Waals surface area contributed by atoms with Gasteiger partial charge in [0.25, 0.3) is 0 Å². The highest BCUT2D eigenvalue weighted by Gasteiger charge is 2.34. The third-order valence-electron chi connectivity index (χ3n) is 5.61. The Morgan fingerprint density at radius 1 is 0.871 bits per heavy atom. The molecule has 0 spiro atoms. The molecule has 0 aromatic heterocycles. The smallest absolute Gasteiger partial charge is 0.330 e. The maximum absolute atomic E-state index is 11.8. The van der Waals surface area contributed by atoms with Crippen molar-refractivity contribution < 1.29 is 33.7 Å². The third kappa shape index (κ3) is 12.5. The summed E-state index contributed by atoms with van der Waals surface area (Å²) in [6, 6.07) is 0. The van der Waals surface area contributed by atoms with Crippen LogP contribution in [0.2, 0.25) is 0 Å². The average molecular weight is 445 g/mol. The van der Waals surface area contributed by atoms with Gasteiger partial charge in [-0.15, -0.1) is 0 Å². The van der Waals surface area contributed by atoms with Crippen molar-refractivity contribution in [3.8, 4) is 0 Å². The number of aliphatic hydroxyl groups excluding tert-OH is 1. The molecule has 0 aliphatic rings. The molecular weight excluding hydrogens is 400 g/mol. The molecule has 0 heterocycles. The van der Waals surface area contributed by atoms with Gasteiger partial charge in [0.05, 0.1) is 10.8 Å². The molecule has 0 aromatic rings. The Kier molecular flexibility index (Phi) is 13.6. The largest absolute Gasteiger partial charge is 0.462 e. The fourth-order valence-corrected chi connectivity index (χ4v) is 1.44. The molecular formula is C24H44O7. The van der Waals surface area contributed by atoms with E-state index in [1.54, 1.807) is 13.8 Å². The van der Waals surface area contributed by atoms with Gasteiger partial charge in [0, 0.05) is 6.08 Å². The van der Waals surface area contributed by atoms with Crippen molar-refractivity contribution in [3.05, 3.63) is 12.7 Å². The molecule has 1 atom stereocenters. The molecule has 1 unspecified atom stereocenters. The lowest BCUT2D eigenvalue weighted by molar-refractivity contribution is -0.171. The molecule has 0 rings (SSSR count).